The molecule has 4 aliphatic carbocycles. The predicted molar refractivity (Wildman–Crippen MR) is 85.3 cm³/mol. The molecule has 20 heavy (non-hydrogen) atoms. The first-order valence-corrected chi connectivity index (χ1v) is 8.91. The Bertz CT molecular complexity index is 445. The topological polar surface area (TPSA) is 0 Å². The highest BCUT2D eigenvalue weighted by Gasteiger charge is 2.57. The monoisotopic (exact) mass is 270 g/mol. The molecule has 0 aliphatic heterocycles. The van der Waals surface area contributed by atoms with Crippen molar-refractivity contribution in [1.29, 1.82) is 0 Å². The largest absolute Gasteiger partial charge is 0.103 e. The van der Waals surface area contributed by atoms with Crippen LogP contribution >= 0.6 is 0 Å². The van der Waals surface area contributed by atoms with Gasteiger partial charge in [-0.05, 0) is 92.8 Å². The third kappa shape index (κ3) is 1.66. The summed E-state index contributed by atoms with van der Waals surface area (Å²) in [4.78, 5) is 0. The minimum absolute atomic E-state index is 0.596. The van der Waals surface area contributed by atoms with Gasteiger partial charge in [-0.3, -0.25) is 0 Å². The van der Waals surface area contributed by atoms with Crippen molar-refractivity contribution in [1.82, 2.24) is 0 Å². The van der Waals surface area contributed by atoms with E-state index in [2.05, 4.69) is 32.6 Å². The normalized spacial score (nSPS) is 53.8. The van der Waals surface area contributed by atoms with Gasteiger partial charge in [-0.15, -0.1) is 6.58 Å². The van der Waals surface area contributed by atoms with Crippen molar-refractivity contribution in [2.75, 3.05) is 0 Å². The van der Waals surface area contributed by atoms with Gasteiger partial charge in [0.25, 0.3) is 0 Å². The van der Waals surface area contributed by atoms with Gasteiger partial charge in [0.2, 0.25) is 0 Å². The molecular weight excluding hydrogens is 240 g/mol. The summed E-state index contributed by atoms with van der Waals surface area (Å²) in [5.41, 5.74) is 2.27. The van der Waals surface area contributed by atoms with Gasteiger partial charge in [0.05, 0.1) is 0 Å². The molecule has 0 aromatic heterocycles. The summed E-state index contributed by atoms with van der Waals surface area (Å²) in [6.45, 7) is 9.09. The minimum Gasteiger partial charge on any atom is -0.103 e. The Morgan fingerprint density at radius 1 is 1.20 bits per heavy atom. The van der Waals surface area contributed by atoms with Crippen LogP contribution in [-0.2, 0) is 0 Å². The molecule has 3 fully saturated rings. The van der Waals surface area contributed by atoms with Crippen molar-refractivity contribution < 1.29 is 0 Å². The number of rotatable bonds is 1. The number of fused-ring (bicyclic) bond motifs is 5. The van der Waals surface area contributed by atoms with E-state index >= 15 is 0 Å². The van der Waals surface area contributed by atoms with Gasteiger partial charge in [0, 0.05) is 0 Å². The van der Waals surface area contributed by atoms with Crippen LogP contribution in [-0.4, -0.2) is 0 Å². The van der Waals surface area contributed by atoms with E-state index in [9.17, 15) is 0 Å². The standard InChI is InChI=1S/C20H30/c1-4-15-6-8-19-18-12-14-11-13(2)5-7-16(14)17(18)9-10-20(15,19)3/h4-5,14-19H,1,6-12H2,2-3H3. The van der Waals surface area contributed by atoms with E-state index in [0.717, 1.165) is 35.5 Å². The van der Waals surface area contributed by atoms with Crippen LogP contribution in [0.4, 0.5) is 0 Å². The average Bonchev–Trinajstić information content (AvgIpc) is 2.94. The SMILES string of the molecule is C=CC1CCC2C3CC4CC(C)=CCC4C3CCC12C. The van der Waals surface area contributed by atoms with Crippen LogP contribution in [0.15, 0.2) is 24.3 Å². The van der Waals surface area contributed by atoms with Gasteiger partial charge in [0.15, 0.2) is 0 Å². The van der Waals surface area contributed by atoms with E-state index in [1.54, 1.807) is 12.0 Å². The highest BCUT2D eigenvalue weighted by Crippen LogP contribution is 2.65. The molecule has 0 radical (unpaired) electrons. The second-order valence-corrected chi connectivity index (χ2v) is 8.55. The maximum absolute atomic E-state index is 4.14. The lowest BCUT2D eigenvalue weighted by atomic mass is 9.58. The molecule has 4 aliphatic rings. The first kappa shape index (κ1) is 13.2. The van der Waals surface area contributed by atoms with Gasteiger partial charge in [0.1, 0.15) is 0 Å². The number of hydrogen-bond donors (Lipinski definition) is 0. The second-order valence-electron chi connectivity index (χ2n) is 8.55. The third-order valence-electron chi connectivity index (χ3n) is 7.90. The van der Waals surface area contributed by atoms with Crippen LogP contribution in [0, 0.1) is 40.9 Å². The zero-order valence-corrected chi connectivity index (χ0v) is 13.3. The molecule has 0 aromatic rings. The first-order chi connectivity index (χ1) is 9.63. The molecule has 0 spiro atoms. The zero-order chi connectivity index (χ0) is 13.9. The summed E-state index contributed by atoms with van der Waals surface area (Å²) in [7, 11) is 0. The predicted octanol–water partition coefficient (Wildman–Crippen LogP) is 5.61. The highest BCUT2D eigenvalue weighted by atomic mass is 14.6. The Morgan fingerprint density at radius 2 is 2.05 bits per heavy atom. The van der Waals surface area contributed by atoms with Crippen LogP contribution < -0.4 is 0 Å². The molecule has 3 saturated carbocycles. The Hall–Kier alpha value is -0.520. The van der Waals surface area contributed by atoms with Crippen molar-refractivity contribution in [2.24, 2.45) is 40.9 Å². The molecule has 0 heteroatoms. The second kappa shape index (κ2) is 4.49. The third-order valence-corrected chi connectivity index (χ3v) is 7.90. The van der Waals surface area contributed by atoms with Gasteiger partial charge in [-0.2, -0.15) is 0 Å². The van der Waals surface area contributed by atoms with Crippen molar-refractivity contribution in [3.05, 3.63) is 24.3 Å². The summed E-state index contributed by atoms with van der Waals surface area (Å²) in [5.74, 6) is 5.99. The van der Waals surface area contributed by atoms with Gasteiger partial charge in [-0.1, -0.05) is 24.6 Å². The van der Waals surface area contributed by atoms with Crippen LogP contribution in [0.1, 0.15) is 58.8 Å². The molecule has 7 atom stereocenters. The minimum atomic E-state index is 0.596. The quantitative estimate of drug-likeness (QED) is 0.543. The van der Waals surface area contributed by atoms with E-state index in [1.807, 2.05) is 0 Å². The van der Waals surface area contributed by atoms with E-state index in [1.165, 1.54) is 38.5 Å². The zero-order valence-electron chi connectivity index (χ0n) is 13.3. The van der Waals surface area contributed by atoms with Crippen molar-refractivity contribution in [2.45, 2.75) is 58.8 Å². The molecule has 4 rings (SSSR count). The van der Waals surface area contributed by atoms with Gasteiger partial charge >= 0.3 is 0 Å². The van der Waals surface area contributed by atoms with Gasteiger partial charge < -0.3 is 0 Å². The fourth-order valence-corrected chi connectivity index (χ4v) is 6.93. The first-order valence-electron chi connectivity index (χ1n) is 8.91. The Morgan fingerprint density at radius 3 is 2.85 bits per heavy atom. The molecule has 0 nitrogen and oxygen atoms in total. The number of hydrogen-bond acceptors (Lipinski definition) is 0. The highest BCUT2D eigenvalue weighted by molar-refractivity contribution is 5.14. The lowest BCUT2D eigenvalue weighted by Gasteiger charge is -2.47. The summed E-state index contributed by atoms with van der Waals surface area (Å²) < 4.78 is 0. The molecule has 0 amide bonds. The molecule has 110 valence electrons. The molecule has 0 N–H and O–H groups in total. The van der Waals surface area contributed by atoms with Crippen LogP contribution in [0.25, 0.3) is 0 Å². The van der Waals surface area contributed by atoms with Crippen molar-refractivity contribution >= 4 is 0 Å². The maximum Gasteiger partial charge on any atom is -0.0179 e. The lowest BCUT2D eigenvalue weighted by molar-refractivity contribution is 0.0273. The fraction of sp³-hybridized carbons (Fsp3) is 0.800. The summed E-state index contributed by atoms with van der Waals surface area (Å²) in [6, 6.07) is 0. The van der Waals surface area contributed by atoms with Crippen molar-refractivity contribution in [3.63, 3.8) is 0 Å². The lowest BCUT2D eigenvalue weighted by Crippen LogP contribution is -2.40. The molecular formula is C20H30. The van der Waals surface area contributed by atoms with Crippen LogP contribution in [0.5, 0.6) is 0 Å². The molecule has 0 aromatic carbocycles. The fourth-order valence-electron chi connectivity index (χ4n) is 6.93. The summed E-state index contributed by atoms with van der Waals surface area (Å²) in [6.07, 6.45) is 15.1. The summed E-state index contributed by atoms with van der Waals surface area (Å²) in [5, 5.41) is 0. The number of allylic oxidation sites excluding steroid dienone is 3. The average molecular weight is 270 g/mol. The van der Waals surface area contributed by atoms with Crippen molar-refractivity contribution in [3.8, 4) is 0 Å². The van der Waals surface area contributed by atoms with E-state index in [0.29, 0.717) is 5.41 Å². The molecule has 0 heterocycles. The molecule has 0 bridgehead atoms. The smallest absolute Gasteiger partial charge is 0.0179 e. The maximum atomic E-state index is 4.14. The Labute approximate surface area is 124 Å². The van der Waals surface area contributed by atoms with Crippen LogP contribution in [0.2, 0.25) is 0 Å². The van der Waals surface area contributed by atoms with Crippen LogP contribution in [0.3, 0.4) is 0 Å². The molecule has 0 saturated heterocycles. The molecule has 7 unspecified atom stereocenters. The van der Waals surface area contributed by atoms with E-state index in [-0.39, 0.29) is 0 Å². The van der Waals surface area contributed by atoms with E-state index < -0.39 is 0 Å². The van der Waals surface area contributed by atoms with E-state index in [4.69, 9.17) is 0 Å². The van der Waals surface area contributed by atoms with Gasteiger partial charge in [-0.25, -0.2) is 0 Å². The summed E-state index contributed by atoms with van der Waals surface area (Å²) >= 11 is 0. The Kier molecular flexibility index (Phi) is 2.95. The Balaban J connectivity index is 1.61.